The second-order valence-corrected chi connectivity index (χ2v) is 6.47. The Hall–Kier alpha value is -2.89. The van der Waals surface area contributed by atoms with E-state index >= 15 is 0 Å². The van der Waals surface area contributed by atoms with E-state index in [1.165, 1.54) is 12.1 Å². The number of aliphatic carboxylic acids is 1. The van der Waals surface area contributed by atoms with Crippen molar-refractivity contribution in [3.05, 3.63) is 65.5 Å². The van der Waals surface area contributed by atoms with Crippen molar-refractivity contribution in [1.29, 1.82) is 0 Å². The molecule has 0 heterocycles. The molecule has 0 bridgehead atoms. The molecule has 1 fully saturated rings. The topological polar surface area (TPSA) is 66.8 Å². The van der Waals surface area contributed by atoms with Gasteiger partial charge in [0.25, 0.3) is 5.91 Å². The number of amides is 1. The van der Waals surface area contributed by atoms with Crippen molar-refractivity contribution in [3.8, 4) is 5.75 Å². The normalized spacial score (nSPS) is 13.3. The quantitative estimate of drug-likeness (QED) is 0.787. The lowest BCUT2D eigenvalue weighted by Gasteiger charge is -2.23. The summed E-state index contributed by atoms with van der Waals surface area (Å²) in [6.07, 6.45) is 2.21. The van der Waals surface area contributed by atoms with E-state index in [-0.39, 0.29) is 11.7 Å². The van der Waals surface area contributed by atoms with Gasteiger partial charge in [-0.1, -0.05) is 18.2 Å². The van der Waals surface area contributed by atoms with Crippen molar-refractivity contribution >= 4 is 11.9 Å². The van der Waals surface area contributed by atoms with Gasteiger partial charge < -0.3 is 14.7 Å². The number of carboxylic acids is 1. The first-order valence-corrected chi connectivity index (χ1v) is 8.49. The number of benzene rings is 2. The van der Waals surface area contributed by atoms with Gasteiger partial charge in [0.15, 0.2) is 6.61 Å². The zero-order chi connectivity index (χ0) is 18.5. The van der Waals surface area contributed by atoms with E-state index < -0.39 is 12.6 Å². The Bertz CT molecular complexity index is 787. The van der Waals surface area contributed by atoms with Crippen LogP contribution in [-0.2, 0) is 11.3 Å². The van der Waals surface area contributed by atoms with Crippen LogP contribution in [0, 0.1) is 11.7 Å². The van der Waals surface area contributed by atoms with Crippen molar-refractivity contribution in [2.75, 3.05) is 13.2 Å². The van der Waals surface area contributed by atoms with Crippen molar-refractivity contribution in [1.82, 2.24) is 4.90 Å². The minimum atomic E-state index is -1.08. The summed E-state index contributed by atoms with van der Waals surface area (Å²) >= 11 is 0. The average Bonchev–Trinajstić information content (AvgIpc) is 3.45. The Balaban J connectivity index is 1.75. The average molecular weight is 357 g/mol. The molecule has 26 heavy (non-hydrogen) atoms. The number of carbonyl (C=O) groups is 2. The van der Waals surface area contributed by atoms with Gasteiger partial charge in [-0.15, -0.1) is 0 Å². The van der Waals surface area contributed by atoms with E-state index in [0.717, 1.165) is 18.4 Å². The number of rotatable bonds is 8. The van der Waals surface area contributed by atoms with E-state index in [2.05, 4.69) is 0 Å². The van der Waals surface area contributed by atoms with Gasteiger partial charge in [-0.25, -0.2) is 9.18 Å². The molecular weight excluding hydrogens is 337 g/mol. The number of carbonyl (C=O) groups excluding carboxylic acids is 1. The Kier molecular flexibility index (Phi) is 5.51. The number of halogens is 1. The maximum atomic E-state index is 13.1. The van der Waals surface area contributed by atoms with E-state index in [1.807, 2.05) is 0 Å². The SMILES string of the molecule is O=C(O)COc1cccc(C(=O)N(Cc2ccc(F)cc2)CC2CC2)c1. The fourth-order valence-corrected chi connectivity index (χ4v) is 2.69. The van der Waals surface area contributed by atoms with Crippen molar-refractivity contribution < 1.29 is 23.8 Å². The molecule has 0 aliphatic heterocycles. The second-order valence-electron chi connectivity index (χ2n) is 6.47. The minimum absolute atomic E-state index is 0.151. The number of ether oxygens (including phenoxy) is 1. The summed E-state index contributed by atoms with van der Waals surface area (Å²) in [5.74, 6) is -0.690. The Labute approximate surface area is 151 Å². The third-order valence-electron chi connectivity index (χ3n) is 4.19. The molecule has 0 saturated heterocycles. The lowest BCUT2D eigenvalue weighted by Crippen LogP contribution is -2.32. The fraction of sp³-hybridized carbons (Fsp3) is 0.300. The van der Waals surface area contributed by atoms with Crippen molar-refractivity contribution in [2.24, 2.45) is 5.92 Å². The molecule has 0 radical (unpaired) electrons. The molecule has 5 nitrogen and oxygen atoms in total. The summed E-state index contributed by atoms with van der Waals surface area (Å²) in [7, 11) is 0. The van der Waals surface area contributed by atoms with Crippen molar-refractivity contribution in [2.45, 2.75) is 19.4 Å². The zero-order valence-electron chi connectivity index (χ0n) is 14.2. The summed E-state index contributed by atoms with van der Waals surface area (Å²) in [5.41, 5.74) is 1.30. The summed E-state index contributed by atoms with van der Waals surface area (Å²) in [4.78, 5) is 25.3. The maximum absolute atomic E-state index is 13.1. The second kappa shape index (κ2) is 7.99. The monoisotopic (exact) mass is 357 g/mol. The first-order chi connectivity index (χ1) is 12.5. The van der Waals surface area contributed by atoms with Gasteiger partial charge >= 0.3 is 5.97 Å². The van der Waals surface area contributed by atoms with Crippen LogP contribution in [0.1, 0.15) is 28.8 Å². The van der Waals surface area contributed by atoms with E-state index in [0.29, 0.717) is 30.3 Å². The highest BCUT2D eigenvalue weighted by Gasteiger charge is 2.27. The van der Waals surface area contributed by atoms with Crippen LogP contribution in [0.4, 0.5) is 4.39 Å². The number of hydrogen-bond acceptors (Lipinski definition) is 3. The molecule has 0 unspecified atom stereocenters. The standard InChI is InChI=1S/C20H20FNO4/c21-17-8-6-15(7-9-17)12-22(11-14-4-5-14)20(25)16-2-1-3-18(10-16)26-13-19(23)24/h1-3,6-10,14H,4-5,11-13H2,(H,23,24). The van der Waals surface area contributed by atoms with E-state index in [4.69, 9.17) is 9.84 Å². The van der Waals surface area contributed by atoms with Gasteiger partial charge in [-0.2, -0.15) is 0 Å². The number of carboxylic acid groups (broad SMARTS) is 1. The van der Waals surface area contributed by atoms with Crippen molar-refractivity contribution in [3.63, 3.8) is 0 Å². The summed E-state index contributed by atoms with van der Waals surface area (Å²) in [5, 5.41) is 8.70. The lowest BCUT2D eigenvalue weighted by molar-refractivity contribution is -0.139. The van der Waals surface area contributed by atoms with Crippen LogP contribution in [0.5, 0.6) is 5.75 Å². The molecule has 0 spiro atoms. The zero-order valence-corrected chi connectivity index (χ0v) is 14.2. The molecule has 6 heteroatoms. The molecule has 0 aromatic heterocycles. The molecule has 2 aromatic carbocycles. The molecule has 1 saturated carbocycles. The van der Waals surface area contributed by atoms with Gasteiger partial charge in [0, 0.05) is 18.7 Å². The highest BCUT2D eigenvalue weighted by Crippen LogP contribution is 2.31. The first kappa shape index (κ1) is 17.9. The smallest absolute Gasteiger partial charge is 0.341 e. The van der Waals surface area contributed by atoms with Crippen LogP contribution in [0.2, 0.25) is 0 Å². The molecule has 1 aliphatic carbocycles. The molecule has 1 N–H and O–H groups in total. The number of nitrogens with zero attached hydrogens (tertiary/aromatic N) is 1. The molecule has 0 atom stereocenters. The highest BCUT2D eigenvalue weighted by molar-refractivity contribution is 5.94. The largest absolute Gasteiger partial charge is 0.482 e. The van der Waals surface area contributed by atoms with Crippen LogP contribution in [0.25, 0.3) is 0 Å². The molecule has 1 aliphatic rings. The number of hydrogen-bond donors (Lipinski definition) is 1. The Morgan fingerprint density at radius 1 is 1.15 bits per heavy atom. The van der Waals surface area contributed by atoms with E-state index in [9.17, 15) is 14.0 Å². The third-order valence-corrected chi connectivity index (χ3v) is 4.19. The van der Waals surface area contributed by atoms with Gasteiger partial charge in [0.2, 0.25) is 0 Å². The van der Waals surface area contributed by atoms with Gasteiger partial charge in [-0.3, -0.25) is 4.79 Å². The maximum Gasteiger partial charge on any atom is 0.341 e. The molecule has 2 aromatic rings. The van der Waals surface area contributed by atoms with Gasteiger partial charge in [0.1, 0.15) is 11.6 Å². The lowest BCUT2D eigenvalue weighted by atomic mass is 10.1. The predicted molar refractivity (Wildman–Crippen MR) is 93.4 cm³/mol. The van der Waals surface area contributed by atoms with Crippen LogP contribution in [0.3, 0.4) is 0 Å². The van der Waals surface area contributed by atoms with Crippen LogP contribution < -0.4 is 4.74 Å². The molecule has 3 rings (SSSR count). The van der Waals surface area contributed by atoms with Crippen LogP contribution in [0.15, 0.2) is 48.5 Å². The Morgan fingerprint density at radius 2 is 1.88 bits per heavy atom. The summed E-state index contributed by atoms with van der Waals surface area (Å²) in [6, 6.07) is 12.6. The summed E-state index contributed by atoms with van der Waals surface area (Å²) < 4.78 is 18.3. The first-order valence-electron chi connectivity index (χ1n) is 8.49. The van der Waals surface area contributed by atoms with Crippen LogP contribution >= 0.6 is 0 Å². The van der Waals surface area contributed by atoms with Gasteiger partial charge in [0.05, 0.1) is 0 Å². The summed E-state index contributed by atoms with van der Waals surface area (Å²) in [6.45, 7) is 0.589. The minimum Gasteiger partial charge on any atom is -0.482 e. The molecule has 136 valence electrons. The molecule has 1 amide bonds. The van der Waals surface area contributed by atoms with Crippen LogP contribution in [-0.4, -0.2) is 35.0 Å². The fourth-order valence-electron chi connectivity index (χ4n) is 2.69. The predicted octanol–water partition coefficient (Wildman–Crippen LogP) is 3.34. The highest BCUT2D eigenvalue weighted by atomic mass is 19.1. The van der Waals surface area contributed by atoms with Gasteiger partial charge in [-0.05, 0) is 54.7 Å². The Morgan fingerprint density at radius 3 is 2.54 bits per heavy atom. The van der Waals surface area contributed by atoms with E-state index in [1.54, 1.807) is 41.3 Å². The third kappa shape index (κ3) is 5.05. The molecular formula is C20H20FNO4.